The van der Waals surface area contributed by atoms with E-state index in [9.17, 15) is 9.50 Å². The van der Waals surface area contributed by atoms with Crippen LogP contribution >= 0.6 is 22.9 Å². The smallest absolute Gasteiger partial charge is 0.167 e. The molecule has 0 saturated carbocycles. The van der Waals surface area contributed by atoms with E-state index in [1.165, 1.54) is 30.7 Å². The molecule has 1 unspecified atom stereocenters. The van der Waals surface area contributed by atoms with Crippen LogP contribution in [0.3, 0.4) is 0 Å². The first kappa shape index (κ1) is 20.7. The summed E-state index contributed by atoms with van der Waals surface area (Å²) in [6.45, 7) is 3.60. The Morgan fingerprint density at radius 1 is 1.41 bits per heavy atom. The predicted molar refractivity (Wildman–Crippen MR) is 111 cm³/mol. The van der Waals surface area contributed by atoms with E-state index in [-0.39, 0.29) is 22.2 Å². The summed E-state index contributed by atoms with van der Waals surface area (Å²) in [5.41, 5.74) is 1.16. The molecule has 0 spiro atoms. The van der Waals surface area contributed by atoms with Gasteiger partial charge in [-0.2, -0.15) is 15.3 Å². The Morgan fingerprint density at radius 3 is 2.83 bits per heavy atom. The summed E-state index contributed by atoms with van der Waals surface area (Å²) in [6.07, 6.45) is 3.20. The van der Waals surface area contributed by atoms with Gasteiger partial charge in [0.05, 0.1) is 29.4 Å². The SMILES string of the molecule is C=CN/C(=N\N)c1sc(-c2ccnnc2)cc1C(O)c1cc(OC)c(Cl)cc1F. The molecule has 0 bridgehead atoms. The van der Waals surface area contributed by atoms with Gasteiger partial charge in [-0.25, -0.2) is 4.39 Å². The van der Waals surface area contributed by atoms with E-state index in [2.05, 4.69) is 27.2 Å². The average molecular weight is 434 g/mol. The van der Waals surface area contributed by atoms with Gasteiger partial charge < -0.3 is 21.0 Å². The molecule has 0 aliphatic heterocycles. The zero-order valence-corrected chi connectivity index (χ0v) is 16.8. The number of nitrogens with zero attached hydrogens (tertiary/aromatic N) is 3. The number of hydrogen-bond donors (Lipinski definition) is 3. The number of thiophene rings is 1. The minimum absolute atomic E-state index is 0.000298. The lowest BCUT2D eigenvalue weighted by Gasteiger charge is -2.15. The third-order valence-corrected chi connectivity index (χ3v) is 5.57. The molecule has 10 heteroatoms. The highest BCUT2D eigenvalue weighted by atomic mass is 35.5. The third-order valence-electron chi connectivity index (χ3n) is 4.07. The summed E-state index contributed by atoms with van der Waals surface area (Å²) in [5, 5.41) is 25.3. The number of methoxy groups -OCH3 is 1. The Labute approximate surface area is 175 Å². The highest BCUT2D eigenvalue weighted by Gasteiger charge is 2.25. The van der Waals surface area contributed by atoms with Gasteiger partial charge in [0.2, 0.25) is 0 Å². The van der Waals surface area contributed by atoms with Crippen LogP contribution in [0.15, 0.2) is 54.5 Å². The molecule has 1 atom stereocenters. The van der Waals surface area contributed by atoms with Crippen LogP contribution in [-0.4, -0.2) is 28.2 Å². The van der Waals surface area contributed by atoms with Gasteiger partial charge in [-0.3, -0.25) is 0 Å². The molecule has 150 valence electrons. The minimum atomic E-state index is -1.33. The lowest BCUT2D eigenvalue weighted by molar-refractivity contribution is 0.214. The summed E-state index contributed by atoms with van der Waals surface area (Å²) in [5.74, 6) is 5.36. The number of hydrazone groups is 1. The summed E-state index contributed by atoms with van der Waals surface area (Å²) < 4.78 is 19.7. The van der Waals surface area contributed by atoms with Gasteiger partial charge in [0.15, 0.2) is 5.84 Å². The fraction of sp³-hybridized carbons (Fsp3) is 0.105. The van der Waals surface area contributed by atoms with E-state index in [4.69, 9.17) is 22.2 Å². The van der Waals surface area contributed by atoms with Crippen LogP contribution in [0.25, 0.3) is 10.4 Å². The number of nitrogens with one attached hydrogen (secondary N) is 1. The van der Waals surface area contributed by atoms with Crippen LogP contribution in [0.1, 0.15) is 22.1 Å². The van der Waals surface area contributed by atoms with Gasteiger partial charge in [0.25, 0.3) is 0 Å². The van der Waals surface area contributed by atoms with E-state index in [1.807, 2.05) is 0 Å². The monoisotopic (exact) mass is 433 g/mol. The molecule has 0 aliphatic rings. The van der Waals surface area contributed by atoms with Crippen molar-refractivity contribution in [2.75, 3.05) is 7.11 Å². The van der Waals surface area contributed by atoms with Gasteiger partial charge in [0.1, 0.15) is 17.7 Å². The quantitative estimate of drug-likeness (QED) is 0.238. The van der Waals surface area contributed by atoms with Crippen LogP contribution in [0.5, 0.6) is 5.75 Å². The van der Waals surface area contributed by atoms with E-state index in [0.29, 0.717) is 10.4 Å². The molecule has 0 saturated heterocycles. The van der Waals surface area contributed by atoms with Crippen molar-refractivity contribution in [3.8, 4) is 16.2 Å². The summed E-state index contributed by atoms with van der Waals surface area (Å²) >= 11 is 7.27. The van der Waals surface area contributed by atoms with Crippen molar-refractivity contribution in [3.63, 3.8) is 0 Å². The van der Waals surface area contributed by atoms with Crippen molar-refractivity contribution in [1.82, 2.24) is 15.5 Å². The van der Waals surface area contributed by atoms with Crippen LogP contribution < -0.4 is 15.9 Å². The molecule has 3 rings (SSSR count). The number of halogens is 2. The number of aromatic nitrogens is 2. The van der Waals surface area contributed by atoms with Gasteiger partial charge >= 0.3 is 0 Å². The fourth-order valence-electron chi connectivity index (χ4n) is 2.71. The summed E-state index contributed by atoms with van der Waals surface area (Å²) in [4.78, 5) is 1.28. The van der Waals surface area contributed by atoms with E-state index < -0.39 is 11.9 Å². The van der Waals surface area contributed by atoms with Crippen molar-refractivity contribution >= 4 is 28.8 Å². The first-order valence-corrected chi connectivity index (χ1v) is 9.47. The first-order chi connectivity index (χ1) is 14.0. The maximum atomic E-state index is 14.6. The maximum absolute atomic E-state index is 14.6. The van der Waals surface area contributed by atoms with Crippen molar-refractivity contribution in [3.05, 3.63) is 76.3 Å². The Bertz CT molecular complexity index is 1060. The number of ether oxygens (including phenoxy) is 1. The number of aliphatic hydroxyl groups is 1. The molecular formula is C19H17ClFN5O2S. The van der Waals surface area contributed by atoms with E-state index in [0.717, 1.165) is 16.5 Å². The van der Waals surface area contributed by atoms with E-state index in [1.54, 1.807) is 24.5 Å². The average Bonchev–Trinajstić information content (AvgIpc) is 3.17. The number of hydrogen-bond acceptors (Lipinski definition) is 7. The fourth-order valence-corrected chi connectivity index (χ4v) is 4.08. The molecule has 0 fully saturated rings. The van der Waals surface area contributed by atoms with Gasteiger partial charge in [-0.15, -0.1) is 11.3 Å². The third kappa shape index (κ3) is 4.21. The molecule has 7 nitrogen and oxygen atoms in total. The van der Waals surface area contributed by atoms with Crippen LogP contribution in [0.2, 0.25) is 5.02 Å². The van der Waals surface area contributed by atoms with E-state index >= 15 is 0 Å². The van der Waals surface area contributed by atoms with Gasteiger partial charge in [0, 0.05) is 21.6 Å². The maximum Gasteiger partial charge on any atom is 0.167 e. The highest BCUT2D eigenvalue weighted by Crippen LogP contribution is 2.39. The molecule has 29 heavy (non-hydrogen) atoms. The molecule has 4 N–H and O–H groups in total. The zero-order valence-electron chi connectivity index (χ0n) is 15.3. The number of rotatable bonds is 6. The second-order valence-corrected chi connectivity index (χ2v) is 7.22. The second-order valence-electron chi connectivity index (χ2n) is 5.76. The molecule has 2 aromatic heterocycles. The Hall–Kier alpha value is -3.01. The van der Waals surface area contributed by atoms with Crippen LogP contribution in [0, 0.1) is 5.82 Å². The summed E-state index contributed by atoms with van der Waals surface area (Å²) in [7, 11) is 1.41. The first-order valence-electron chi connectivity index (χ1n) is 8.27. The van der Waals surface area contributed by atoms with Crippen molar-refractivity contribution in [1.29, 1.82) is 0 Å². The Balaban J connectivity index is 2.17. The topological polar surface area (TPSA) is 106 Å². The van der Waals surface area contributed by atoms with Crippen LogP contribution in [-0.2, 0) is 0 Å². The molecule has 2 heterocycles. The predicted octanol–water partition coefficient (Wildman–Crippen LogP) is 3.44. The molecule has 1 aromatic carbocycles. The normalized spacial score (nSPS) is 12.5. The summed E-state index contributed by atoms with van der Waals surface area (Å²) in [6, 6.07) is 5.94. The van der Waals surface area contributed by atoms with Gasteiger partial charge in [-0.1, -0.05) is 18.2 Å². The molecule has 0 radical (unpaired) electrons. The molecule has 3 aromatic rings. The number of amidine groups is 1. The molecular weight excluding hydrogens is 417 g/mol. The second kappa shape index (κ2) is 8.99. The van der Waals surface area contributed by atoms with Crippen molar-refractivity contribution < 1.29 is 14.2 Å². The zero-order chi connectivity index (χ0) is 21.0. The molecule has 0 aliphatic carbocycles. The minimum Gasteiger partial charge on any atom is -0.495 e. The number of benzene rings is 1. The largest absolute Gasteiger partial charge is 0.495 e. The number of aliphatic hydroxyl groups excluding tert-OH is 1. The molecule has 0 amide bonds. The lowest BCUT2D eigenvalue weighted by atomic mass is 10.00. The van der Waals surface area contributed by atoms with Gasteiger partial charge in [-0.05, 0) is 30.5 Å². The number of nitrogens with two attached hydrogens (primary N) is 1. The Kier molecular flexibility index (Phi) is 6.42. The highest BCUT2D eigenvalue weighted by molar-refractivity contribution is 7.17. The van der Waals surface area contributed by atoms with Crippen molar-refractivity contribution in [2.45, 2.75) is 6.10 Å². The standard InChI is InChI=1S/C19H17ClFN5O2S/c1-3-23-19(26-22)18-12(7-16(29-18)10-4-5-24-25-9-10)17(27)11-6-15(28-2)13(20)8-14(11)21/h3-9,17,27H,1,22H2,2H3,(H,23,26). The lowest BCUT2D eigenvalue weighted by Crippen LogP contribution is -2.21. The van der Waals surface area contributed by atoms with Crippen molar-refractivity contribution in [2.24, 2.45) is 10.9 Å². The van der Waals surface area contributed by atoms with Crippen LogP contribution in [0.4, 0.5) is 4.39 Å². The Morgan fingerprint density at radius 2 is 2.21 bits per heavy atom.